The molecule has 2 amide bonds. The average Bonchev–Trinajstić information content (AvgIpc) is 3.52. The molecular weight excluding hydrogens is 487 g/mol. The number of carbonyl (C=O) groups excluding carboxylic acids is 2. The van der Waals surface area contributed by atoms with Gasteiger partial charge in [-0.3, -0.25) is 14.5 Å². The van der Waals surface area contributed by atoms with E-state index in [1.165, 1.54) is 61.2 Å². The van der Waals surface area contributed by atoms with Crippen molar-refractivity contribution in [3.63, 3.8) is 0 Å². The van der Waals surface area contributed by atoms with Gasteiger partial charge in [-0.05, 0) is 73.9 Å². The van der Waals surface area contributed by atoms with Crippen molar-refractivity contribution in [3.8, 4) is 0 Å². The van der Waals surface area contributed by atoms with Crippen molar-refractivity contribution in [1.29, 1.82) is 0 Å². The van der Waals surface area contributed by atoms with Crippen LogP contribution >= 0.6 is 11.3 Å². The summed E-state index contributed by atoms with van der Waals surface area (Å²) in [7, 11) is 0. The Labute approximate surface area is 223 Å². The highest BCUT2D eigenvalue weighted by Crippen LogP contribution is 2.31. The van der Waals surface area contributed by atoms with E-state index in [-0.39, 0.29) is 23.7 Å². The summed E-state index contributed by atoms with van der Waals surface area (Å²) in [5.41, 5.74) is 0.439. The van der Waals surface area contributed by atoms with E-state index in [1.54, 1.807) is 16.2 Å². The van der Waals surface area contributed by atoms with E-state index in [0.717, 1.165) is 32.6 Å². The Morgan fingerprint density at radius 2 is 1.84 bits per heavy atom. The summed E-state index contributed by atoms with van der Waals surface area (Å²) in [5, 5.41) is 5.49. The number of nitrogens with zero attached hydrogens (tertiary/aromatic N) is 3. The van der Waals surface area contributed by atoms with Crippen LogP contribution in [-0.4, -0.2) is 77.9 Å². The monoisotopic (exact) mass is 526 g/mol. The number of likely N-dealkylation sites (tertiary alicyclic amines) is 1. The van der Waals surface area contributed by atoms with E-state index in [1.807, 2.05) is 4.90 Å². The minimum Gasteiger partial charge on any atom is -0.340 e. The second kappa shape index (κ2) is 12.5. The third-order valence-corrected chi connectivity index (χ3v) is 9.10. The maximum Gasteiger partial charge on any atom is 0.254 e. The topological polar surface area (TPSA) is 55.9 Å². The number of hydrogen-bond acceptors (Lipinski definition) is 5. The summed E-state index contributed by atoms with van der Waals surface area (Å²) in [6, 6.07) is 9.63. The number of thiophene rings is 1. The summed E-state index contributed by atoms with van der Waals surface area (Å²) in [6.07, 6.45) is 7.99. The standard InChI is InChI=1S/C29H39FN4O2S/c30-24-11-9-23(10-12-24)28(35)34-20-25(18-27(34)29(36)32-15-5-13-31-14-16-32)33(21-26-8-4-17-37-26)19-22-6-2-1-3-7-22/h4,8-12,17,22,25,27,31H,1-3,5-7,13-16,18-21H2. The Kier molecular flexibility index (Phi) is 8.89. The van der Waals surface area contributed by atoms with Crippen LogP contribution in [0.3, 0.4) is 0 Å². The van der Waals surface area contributed by atoms with Gasteiger partial charge in [0.1, 0.15) is 11.9 Å². The van der Waals surface area contributed by atoms with Crippen LogP contribution in [0.5, 0.6) is 0 Å². The van der Waals surface area contributed by atoms with Gasteiger partial charge in [-0.2, -0.15) is 0 Å². The fourth-order valence-corrected chi connectivity index (χ4v) is 6.95. The number of benzene rings is 1. The fourth-order valence-electron chi connectivity index (χ4n) is 6.22. The van der Waals surface area contributed by atoms with Crippen LogP contribution in [0.1, 0.15) is 60.2 Å². The molecule has 0 spiro atoms. The zero-order valence-corrected chi connectivity index (χ0v) is 22.4. The van der Waals surface area contributed by atoms with Crippen molar-refractivity contribution in [1.82, 2.24) is 20.0 Å². The first-order valence-corrected chi connectivity index (χ1v) is 14.8. The van der Waals surface area contributed by atoms with Crippen molar-refractivity contribution < 1.29 is 14.0 Å². The van der Waals surface area contributed by atoms with Gasteiger partial charge in [-0.25, -0.2) is 4.39 Å². The highest BCUT2D eigenvalue weighted by Gasteiger charge is 2.44. The van der Waals surface area contributed by atoms with Crippen LogP contribution in [0.4, 0.5) is 4.39 Å². The SMILES string of the molecule is O=C(C1CC(N(Cc2cccs2)CC2CCCCC2)CN1C(=O)c1ccc(F)cc1)N1CCCNCC1. The molecule has 8 heteroatoms. The number of halogens is 1. The minimum absolute atomic E-state index is 0.0513. The van der Waals surface area contributed by atoms with Gasteiger partial charge in [0, 0.05) is 55.8 Å². The van der Waals surface area contributed by atoms with Crippen LogP contribution in [0.15, 0.2) is 41.8 Å². The maximum absolute atomic E-state index is 13.9. The van der Waals surface area contributed by atoms with Crippen molar-refractivity contribution in [2.75, 3.05) is 39.3 Å². The molecule has 5 rings (SSSR count). The number of nitrogens with one attached hydrogen (secondary N) is 1. The first kappa shape index (κ1) is 26.3. The molecule has 1 saturated carbocycles. The quantitative estimate of drug-likeness (QED) is 0.582. The first-order chi connectivity index (χ1) is 18.1. The lowest BCUT2D eigenvalue weighted by molar-refractivity contribution is -0.135. The smallest absolute Gasteiger partial charge is 0.254 e. The van der Waals surface area contributed by atoms with Crippen molar-refractivity contribution in [2.45, 2.75) is 63.6 Å². The summed E-state index contributed by atoms with van der Waals surface area (Å²) < 4.78 is 13.6. The molecule has 1 aromatic carbocycles. The van der Waals surface area contributed by atoms with E-state index < -0.39 is 6.04 Å². The first-order valence-electron chi connectivity index (χ1n) is 13.9. The van der Waals surface area contributed by atoms with Crippen molar-refractivity contribution in [3.05, 3.63) is 58.0 Å². The van der Waals surface area contributed by atoms with Crippen LogP contribution in [0, 0.1) is 11.7 Å². The molecular formula is C29H39FN4O2S. The predicted octanol–water partition coefficient (Wildman–Crippen LogP) is 4.37. The maximum atomic E-state index is 13.9. The van der Waals surface area contributed by atoms with Gasteiger partial charge in [-0.1, -0.05) is 25.3 Å². The third kappa shape index (κ3) is 6.59. The summed E-state index contributed by atoms with van der Waals surface area (Å²) >= 11 is 1.77. The summed E-state index contributed by atoms with van der Waals surface area (Å²) in [4.78, 5) is 35.1. The molecule has 2 aliphatic heterocycles. The normalized spacial score (nSPS) is 23.4. The zero-order chi connectivity index (χ0) is 25.6. The van der Waals surface area contributed by atoms with Crippen LogP contribution in [-0.2, 0) is 11.3 Å². The zero-order valence-electron chi connectivity index (χ0n) is 21.6. The third-order valence-electron chi connectivity index (χ3n) is 8.24. The molecule has 3 fully saturated rings. The molecule has 6 nitrogen and oxygen atoms in total. The molecule has 2 atom stereocenters. The molecule has 1 N–H and O–H groups in total. The molecule has 0 bridgehead atoms. The lowest BCUT2D eigenvalue weighted by atomic mass is 9.88. The molecule has 0 radical (unpaired) electrons. The molecule has 2 unspecified atom stereocenters. The van der Waals surface area contributed by atoms with Gasteiger partial charge < -0.3 is 15.1 Å². The Balaban J connectivity index is 1.40. The van der Waals surface area contributed by atoms with E-state index >= 15 is 0 Å². The molecule has 3 aliphatic rings. The van der Waals surface area contributed by atoms with Gasteiger partial charge in [-0.15, -0.1) is 11.3 Å². The molecule has 200 valence electrons. The number of hydrogen-bond donors (Lipinski definition) is 1. The number of carbonyl (C=O) groups is 2. The largest absolute Gasteiger partial charge is 0.340 e. The molecule has 1 aromatic heterocycles. The minimum atomic E-state index is -0.488. The second-order valence-corrected chi connectivity index (χ2v) is 11.8. The average molecular weight is 527 g/mol. The van der Waals surface area contributed by atoms with Gasteiger partial charge in [0.05, 0.1) is 0 Å². The second-order valence-electron chi connectivity index (χ2n) is 10.8. The summed E-state index contributed by atoms with van der Waals surface area (Å²) in [5.74, 6) is 0.175. The van der Waals surface area contributed by atoms with Gasteiger partial charge in [0.2, 0.25) is 5.91 Å². The highest BCUT2D eigenvalue weighted by molar-refractivity contribution is 7.09. The van der Waals surface area contributed by atoms with Crippen LogP contribution < -0.4 is 5.32 Å². The molecule has 2 saturated heterocycles. The Morgan fingerprint density at radius 1 is 1.03 bits per heavy atom. The lowest BCUT2D eigenvalue weighted by Crippen LogP contribution is -2.48. The van der Waals surface area contributed by atoms with Crippen LogP contribution in [0.25, 0.3) is 0 Å². The van der Waals surface area contributed by atoms with E-state index in [0.29, 0.717) is 37.5 Å². The Morgan fingerprint density at radius 3 is 2.59 bits per heavy atom. The lowest BCUT2D eigenvalue weighted by Gasteiger charge is -2.33. The van der Waals surface area contributed by atoms with Crippen molar-refractivity contribution in [2.24, 2.45) is 5.92 Å². The van der Waals surface area contributed by atoms with E-state index in [4.69, 9.17) is 0 Å². The van der Waals surface area contributed by atoms with Gasteiger partial charge >= 0.3 is 0 Å². The van der Waals surface area contributed by atoms with E-state index in [9.17, 15) is 14.0 Å². The van der Waals surface area contributed by atoms with Crippen molar-refractivity contribution >= 4 is 23.2 Å². The summed E-state index contributed by atoms with van der Waals surface area (Å²) in [6.45, 7) is 5.45. The number of amides is 2. The van der Waals surface area contributed by atoms with Gasteiger partial charge in [0.15, 0.2) is 0 Å². The molecule has 3 heterocycles. The van der Waals surface area contributed by atoms with E-state index in [2.05, 4.69) is 27.7 Å². The number of rotatable bonds is 7. The van der Waals surface area contributed by atoms with Gasteiger partial charge in [0.25, 0.3) is 5.91 Å². The Bertz CT molecular complexity index is 1020. The molecule has 1 aliphatic carbocycles. The Hall–Kier alpha value is -2.29. The highest BCUT2D eigenvalue weighted by atomic mass is 32.1. The fraction of sp³-hybridized carbons (Fsp3) is 0.586. The molecule has 37 heavy (non-hydrogen) atoms. The predicted molar refractivity (Wildman–Crippen MR) is 145 cm³/mol. The van der Waals surface area contributed by atoms with Crippen LogP contribution in [0.2, 0.25) is 0 Å². The molecule has 2 aromatic rings.